The van der Waals surface area contributed by atoms with Crippen molar-refractivity contribution in [1.29, 1.82) is 5.26 Å². The molecule has 2 aromatic rings. The molecule has 21 heavy (non-hydrogen) atoms. The fraction of sp³-hybridized carbons (Fsp3) is 0.0625. The summed E-state index contributed by atoms with van der Waals surface area (Å²) in [5.41, 5.74) is 1.18. The first-order valence-corrected chi connectivity index (χ1v) is 6.20. The second-order valence-electron chi connectivity index (χ2n) is 4.15. The van der Waals surface area contributed by atoms with Gasteiger partial charge in [-0.15, -0.1) is 0 Å². The molecule has 1 N–H and O–H groups in total. The molecule has 0 radical (unpaired) electrons. The zero-order chi connectivity index (χ0) is 15.1. The fourth-order valence-electron chi connectivity index (χ4n) is 1.73. The van der Waals surface area contributed by atoms with Gasteiger partial charge in [-0.2, -0.15) is 5.26 Å². The summed E-state index contributed by atoms with van der Waals surface area (Å²) in [6.45, 7) is -0.245. The van der Waals surface area contributed by atoms with Gasteiger partial charge in [0.05, 0.1) is 16.8 Å². The molecule has 0 fully saturated rings. The number of nitrogens with zero attached hydrogens (tertiary/aromatic N) is 1. The molecule has 0 bridgehead atoms. The summed E-state index contributed by atoms with van der Waals surface area (Å²) in [7, 11) is 0. The van der Waals surface area contributed by atoms with Crippen molar-refractivity contribution in [2.75, 3.05) is 11.9 Å². The average Bonchev–Trinajstić information content (AvgIpc) is 2.53. The summed E-state index contributed by atoms with van der Waals surface area (Å²) in [4.78, 5) is 22.6. The van der Waals surface area contributed by atoms with Crippen molar-refractivity contribution < 1.29 is 14.3 Å². The van der Waals surface area contributed by atoms with E-state index in [1.165, 1.54) is 0 Å². The lowest BCUT2D eigenvalue weighted by Crippen LogP contribution is -2.21. The third-order valence-electron chi connectivity index (χ3n) is 2.73. The van der Waals surface area contributed by atoms with Gasteiger partial charge in [0, 0.05) is 0 Å². The highest BCUT2D eigenvalue weighted by Crippen LogP contribution is 2.16. The molecule has 0 aliphatic carbocycles. The number of carbonyl (C=O) groups excluding carboxylic acids is 2. The largest absolute Gasteiger partial charge is 0.483 e. The lowest BCUT2D eigenvalue weighted by atomic mass is 10.2. The van der Waals surface area contributed by atoms with Crippen LogP contribution in [0.3, 0.4) is 0 Å². The van der Waals surface area contributed by atoms with Crippen LogP contribution < -0.4 is 10.1 Å². The van der Waals surface area contributed by atoms with Crippen LogP contribution >= 0.6 is 0 Å². The van der Waals surface area contributed by atoms with Crippen LogP contribution in [0.1, 0.15) is 15.9 Å². The second-order valence-corrected chi connectivity index (χ2v) is 4.15. The molecule has 0 saturated heterocycles. The predicted molar refractivity (Wildman–Crippen MR) is 77.1 cm³/mol. The molecular weight excluding hydrogens is 268 g/mol. The van der Waals surface area contributed by atoms with Crippen LogP contribution in [0, 0.1) is 11.3 Å². The van der Waals surface area contributed by atoms with Gasteiger partial charge in [-0.3, -0.25) is 9.59 Å². The van der Waals surface area contributed by atoms with E-state index in [9.17, 15) is 9.59 Å². The standard InChI is InChI=1S/C16H12N2O3/c17-9-12-5-1-3-7-14(12)18-16(20)11-21-15-8-4-2-6-13(15)10-19/h1-8,10H,11H2,(H,18,20). The molecule has 0 unspecified atom stereocenters. The molecule has 0 heterocycles. The lowest BCUT2D eigenvalue weighted by Gasteiger charge is -2.09. The lowest BCUT2D eigenvalue weighted by molar-refractivity contribution is -0.118. The highest BCUT2D eigenvalue weighted by molar-refractivity contribution is 5.93. The third-order valence-corrected chi connectivity index (χ3v) is 2.73. The van der Waals surface area contributed by atoms with E-state index >= 15 is 0 Å². The zero-order valence-corrected chi connectivity index (χ0v) is 11.1. The summed E-state index contributed by atoms with van der Waals surface area (Å²) in [6.07, 6.45) is 0.665. The van der Waals surface area contributed by atoms with Crippen LogP contribution in [0.5, 0.6) is 5.75 Å². The van der Waals surface area contributed by atoms with Crippen molar-refractivity contribution >= 4 is 17.9 Å². The molecule has 0 atom stereocenters. The van der Waals surface area contributed by atoms with Gasteiger partial charge >= 0.3 is 0 Å². The molecule has 0 aliphatic heterocycles. The highest BCUT2D eigenvalue weighted by Gasteiger charge is 2.08. The Bertz CT molecular complexity index is 705. The van der Waals surface area contributed by atoms with Gasteiger partial charge in [0.2, 0.25) is 0 Å². The number of nitrogens with one attached hydrogen (secondary N) is 1. The molecule has 0 aliphatic rings. The van der Waals surface area contributed by atoms with Gasteiger partial charge in [-0.1, -0.05) is 24.3 Å². The van der Waals surface area contributed by atoms with E-state index in [0.29, 0.717) is 28.8 Å². The van der Waals surface area contributed by atoms with Crippen LogP contribution in [0.25, 0.3) is 0 Å². The molecule has 104 valence electrons. The van der Waals surface area contributed by atoms with Gasteiger partial charge in [0.25, 0.3) is 5.91 Å². The predicted octanol–water partition coefficient (Wildman–Crippen LogP) is 2.39. The number of hydrogen-bond acceptors (Lipinski definition) is 4. The van der Waals surface area contributed by atoms with E-state index in [-0.39, 0.29) is 6.61 Å². The minimum absolute atomic E-state index is 0.245. The Kier molecular flexibility index (Phi) is 4.67. The average molecular weight is 280 g/mol. The third kappa shape index (κ3) is 3.67. The van der Waals surface area contributed by atoms with Crippen LogP contribution in [0.15, 0.2) is 48.5 Å². The normalized spacial score (nSPS) is 9.48. The highest BCUT2D eigenvalue weighted by atomic mass is 16.5. The maximum Gasteiger partial charge on any atom is 0.262 e. The number of nitriles is 1. The molecule has 5 nitrogen and oxygen atoms in total. The number of aldehydes is 1. The molecule has 0 spiro atoms. The number of para-hydroxylation sites is 2. The number of benzene rings is 2. The molecule has 2 rings (SSSR count). The monoisotopic (exact) mass is 280 g/mol. The van der Waals surface area contributed by atoms with Crippen molar-refractivity contribution in [3.63, 3.8) is 0 Å². The first-order valence-electron chi connectivity index (χ1n) is 6.20. The Labute approximate surface area is 121 Å². The summed E-state index contributed by atoms with van der Waals surface area (Å²) in [5, 5.41) is 11.5. The van der Waals surface area contributed by atoms with E-state index in [1.54, 1.807) is 48.5 Å². The van der Waals surface area contributed by atoms with Crippen LogP contribution in [-0.4, -0.2) is 18.8 Å². The van der Waals surface area contributed by atoms with Gasteiger partial charge in [-0.25, -0.2) is 0 Å². The van der Waals surface area contributed by atoms with Crippen LogP contribution in [0.2, 0.25) is 0 Å². The van der Waals surface area contributed by atoms with Crippen molar-refractivity contribution in [1.82, 2.24) is 0 Å². The van der Waals surface area contributed by atoms with Gasteiger partial charge in [0.1, 0.15) is 11.8 Å². The number of ether oxygens (including phenoxy) is 1. The molecule has 1 amide bonds. The number of amides is 1. The summed E-state index contributed by atoms with van der Waals surface area (Å²) in [5.74, 6) is -0.0605. The smallest absolute Gasteiger partial charge is 0.262 e. The van der Waals surface area contributed by atoms with Crippen LogP contribution in [-0.2, 0) is 4.79 Å². The maximum atomic E-state index is 11.8. The van der Waals surface area contributed by atoms with Crippen molar-refractivity contribution in [3.8, 4) is 11.8 Å². The zero-order valence-electron chi connectivity index (χ0n) is 11.1. The topological polar surface area (TPSA) is 79.2 Å². The number of anilines is 1. The number of hydrogen-bond donors (Lipinski definition) is 1. The van der Waals surface area contributed by atoms with Gasteiger partial charge < -0.3 is 10.1 Å². The first-order chi connectivity index (χ1) is 10.2. The minimum atomic E-state index is -0.404. The quantitative estimate of drug-likeness (QED) is 0.853. The fourth-order valence-corrected chi connectivity index (χ4v) is 1.73. The Morgan fingerprint density at radius 3 is 2.67 bits per heavy atom. The number of rotatable bonds is 5. The van der Waals surface area contributed by atoms with E-state index in [1.807, 2.05) is 6.07 Å². The Hall–Kier alpha value is -3.13. The van der Waals surface area contributed by atoms with E-state index in [0.717, 1.165) is 0 Å². The molecule has 5 heteroatoms. The SMILES string of the molecule is N#Cc1ccccc1NC(=O)COc1ccccc1C=O. The van der Waals surface area contributed by atoms with Crippen molar-refractivity contribution in [3.05, 3.63) is 59.7 Å². The first kappa shape index (κ1) is 14.3. The Morgan fingerprint density at radius 1 is 1.19 bits per heavy atom. The Morgan fingerprint density at radius 2 is 1.90 bits per heavy atom. The number of carbonyl (C=O) groups is 2. The molecule has 0 saturated carbocycles. The molecule has 2 aromatic carbocycles. The van der Waals surface area contributed by atoms with Crippen molar-refractivity contribution in [2.24, 2.45) is 0 Å². The van der Waals surface area contributed by atoms with E-state index < -0.39 is 5.91 Å². The minimum Gasteiger partial charge on any atom is -0.483 e. The Balaban J connectivity index is 2.00. The summed E-state index contributed by atoms with van der Waals surface area (Å²) < 4.78 is 5.31. The summed E-state index contributed by atoms with van der Waals surface area (Å²) >= 11 is 0. The van der Waals surface area contributed by atoms with Crippen LogP contribution in [0.4, 0.5) is 5.69 Å². The molecule has 0 aromatic heterocycles. The molecular formula is C16H12N2O3. The van der Waals surface area contributed by atoms with E-state index in [2.05, 4.69) is 5.32 Å². The van der Waals surface area contributed by atoms with E-state index in [4.69, 9.17) is 10.00 Å². The van der Waals surface area contributed by atoms with Gasteiger partial charge in [-0.05, 0) is 24.3 Å². The van der Waals surface area contributed by atoms with Gasteiger partial charge in [0.15, 0.2) is 12.9 Å². The summed E-state index contributed by atoms with van der Waals surface area (Å²) in [6, 6.07) is 15.3. The maximum absolute atomic E-state index is 11.8. The van der Waals surface area contributed by atoms with Crippen molar-refractivity contribution in [2.45, 2.75) is 0 Å². The second kappa shape index (κ2) is 6.87.